The number of aliphatic hydroxyl groups is 1. The van der Waals surface area contributed by atoms with Crippen molar-refractivity contribution in [3.8, 4) is 0 Å². The van der Waals surface area contributed by atoms with Gasteiger partial charge in [-0.15, -0.1) is 0 Å². The van der Waals surface area contributed by atoms with Gasteiger partial charge in [0.1, 0.15) is 20.1 Å². The molecule has 135 valence electrons. The van der Waals surface area contributed by atoms with Gasteiger partial charge in [-0.2, -0.15) is 0 Å². The highest BCUT2D eigenvalue weighted by Crippen LogP contribution is 2.45. The van der Waals surface area contributed by atoms with Gasteiger partial charge in [0.05, 0.1) is 32.5 Å². The van der Waals surface area contributed by atoms with Gasteiger partial charge in [0.25, 0.3) is 0 Å². The lowest BCUT2D eigenvalue weighted by Gasteiger charge is -2.31. The Bertz CT molecular complexity index is 538. The van der Waals surface area contributed by atoms with Gasteiger partial charge >= 0.3 is 0 Å². The third-order valence-electron chi connectivity index (χ3n) is 3.80. The molecule has 6 atom stereocenters. The number of hydrogen-bond donors (Lipinski definition) is 1. The van der Waals surface area contributed by atoms with E-state index in [1.54, 1.807) is 0 Å². The molecule has 8 nitrogen and oxygen atoms in total. The van der Waals surface area contributed by atoms with E-state index < -0.39 is 30.7 Å². The van der Waals surface area contributed by atoms with Gasteiger partial charge < -0.3 is 38.0 Å². The maximum Gasteiger partial charge on any atom is 0.173 e. The van der Waals surface area contributed by atoms with Crippen molar-refractivity contribution in [2.75, 3.05) is 27.4 Å². The fourth-order valence-electron chi connectivity index (χ4n) is 2.56. The van der Waals surface area contributed by atoms with Crippen molar-refractivity contribution in [2.45, 2.75) is 36.7 Å². The Labute approximate surface area is 155 Å². The van der Waals surface area contributed by atoms with E-state index in [4.69, 9.17) is 55.4 Å². The average Bonchev–Trinajstić information content (AvgIpc) is 3.09. The van der Waals surface area contributed by atoms with Gasteiger partial charge in [0, 0.05) is 28.0 Å². The van der Waals surface area contributed by atoms with E-state index in [-0.39, 0.29) is 31.1 Å². The minimum absolute atomic E-state index is 0.0356. The molecule has 2 aliphatic rings. The topological polar surface area (TPSA) is 98.7 Å². The summed E-state index contributed by atoms with van der Waals surface area (Å²) in [7, 11) is 15.4. The van der Waals surface area contributed by atoms with Crippen molar-refractivity contribution in [1.29, 1.82) is 0 Å². The van der Waals surface area contributed by atoms with Crippen LogP contribution < -0.4 is 4.89 Å². The molecule has 13 heteroatoms. The quantitative estimate of drug-likeness (QED) is 0.389. The van der Waals surface area contributed by atoms with E-state index in [0.29, 0.717) is 6.42 Å². The summed E-state index contributed by atoms with van der Waals surface area (Å²) in [4.78, 5) is 12.4. The molecular weight excluding hydrogens is 368 g/mol. The van der Waals surface area contributed by atoms with Crippen molar-refractivity contribution < 1.29 is 38.0 Å². The normalized spacial score (nSPS) is 34.9. The van der Waals surface area contributed by atoms with Crippen LogP contribution >= 0.6 is 6.72 Å². The van der Waals surface area contributed by atoms with Crippen molar-refractivity contribution in [3.63, 3.8) is 0 Å². The van der Waals surface area contributed by atoms with E-state index >= 15 is 0 Å². The molecule has 0 aromatic rings. The SMILES string of the molecule is [B][B][C@H]1CC(OC)[C@@H](COP([O-])(=S)OC2=C(O)C([B])OC2COC)O1. The largest absolute Gasteiger partial charge is 0.770 e. The standard InChI is InChI=1S/C12H19B3O8PS/c1-18-4-8-11(10(16)12(13)22-8)23-24(17,25)20-5-7-6(19-2)3-9(15-14)21-7/h6-9,12,16H,3-5H2,1-2H3,(H,17,25)/p-1/t6?,7-,8?,9-,12?,24?/m1/s1. The van der Waals surface area contributed by atoms with Gasteiger partial charge in [-0.25, -0.2) is 0 Å². The Morgan fingerprint density at radius 1 is 1.40 bits per heavy atom. The lowest BCUT2D eigenvalue weighted by molar-refractivity contribution is -0.207. The monoisotopic (exact) mass is 386 g/mol. The Hall–Kier alpha value is -0.0552. The fraction of sp³-hybridized carbons (Fsp3) is 0.833. The molecule has 2 rings (SSSR count). The van der Waals surface area contributed by atoms with Gasteiger partial charge in [0.2, 0.25) is 0 Å². The predicted octanol–water partition coefficient (Wildman–Crippen LogP) is -1.17. The van der Waals surface area contributed by atoms with E-state index in [2.05, 4.69) is 0 Å². The summed E-state index contributed by atoms with van der Waals surface area (Å²) in [6.07, 6.45) is -1.06. The molecule has 1 saturated heterocycles. The molecule has 0 bridgehead atoms. The van der Waals surface area contributed by atoms with Crippen molar-refractivity contribution in [2.24, 2.45) is 0 Å². The molecule has 0 amide bonds. The Balaban J connectivity index is 1.96. The zero-order chi connectivity index (χ0) is 18.6. The highest BCUT2D eigenvalue weighted by atomic mass is 32.5. The van der Waals surface area contributed by atoms with E-state index in [9.17, 15) is 10.00 Å². The number of methoxy groups -OCH3 is 2. The van der Waals surface area contributed by atoms with Crippen LogP contribution in [0.5, 0.6) is 0 Å². The molecule has 0 saturated carbocycles. The molecule has 5 radical (unpaired) electrons. The first kappa shape index (κ1) is 21.2. The predicted molar refractivity (Wildman–Crippen MR) is 92.9 cm³/mol. The first-order valence-corrected chi connectivity index (χ1v) is 10.1. The van der Waals surface area contributed by atoms with E-state index in [1.165, 1.54) is 21.4 Å². The molecule has 0 aromatic carbocycles. The minimum atomic E-state index is -3.99. The summed E-state index contributed by atoms with van der Waals surface area (Å²) >= 11 is 4.88. The summed E-state index contributed by atoms with van der Waals surface area (Å²) in [6, 6.07) is -1.40. The van der Waals surface area contributed by atoms with E-state index in [1.807, 2.05) is 0 Å². The Kier molecular flexibility index (Phi) is 7.85. The van der Waals surface area contributed by atoms with Crippen molar-refractivity contribution in [1.82, 2.24) is 0 Å². The molecule has 0 aliphatic carbocycles. The molecule has 1 fully saturated rings. The summed E-state index contributed by atoms with van der Waals surface area (Å²) < 4.78 is 31.5. The van der Waals surface area contributed by atoms with Gasteiger partial charge in [-0.05, 0) is 18.2 Å². The second-order valence-electron chi connectivity index (χ2n) is 5.50. The molecule has 25 heavy (non-hydrogen) atoms. The molecule has 2 aliphatic heterocycles. The molecule has 0 aromatic heterocycles. The van der Waals surface area contributed by atoms with Crippen LogP contribution in [-0.4, -0.2) is 85.6 Å². The van der Waals surface area contributed by atoms with E-state index in [0.717, 1.165) is 0 Å². The van der Waals surface area contributed by atoms with Gasteiger partial charge in [-0.3, -0.25) is 0 Å². The lowest BCUT2D eigenvalue weighted by atomic mass is 9.51. The Morgan fingerprint density at radius 3 is 2.72 bits per heavy atom. The minimum Gasteiger partial charge on any atom is -0.770 e. The molecule has 0 spiro atoms. The lowest BCUT2D eigenvalue weighted by Crippen LogP contribution is -2.29. The van der Waals surface area contributed by atoms with Crippen LogP contribution in [0.4, 0.5) is 0 Å². The molecule has 2 heterocycles. The fourth-order valence-corrected chi connectivity index (χ4v) is 3.82. The van der Waals surface area contributed by atoms with Crippen LogP contribution in [0.25, 0.3) is 0 Å². The van der Waals surface area contributed by atoms with Crippen LogP contribution in [0, 0.1) is 0 Å². The van der Waals surface area contributed by atoms with Gasteiger partial charge in [-0.1, -0.05) is 0 Å². The van der Waals surface area contributed by atoms with Gasteiger partial charge in [0.15, 0.2) is 18.2 Å². The zero-order valence-corrected chi connectivity index (χ0v) is 15.6. The third-order valence-corrected chi connectivity index (χ3v) is 5.22. The van der Waals surface area contributed by atoms with Crippen LogP contribution in [-0.2, 0) is 39.8 Å². The highest BCUT2D eigenvalue weighted by molar-refractivity contribution is 8.06. The number of aliphatic hydroxyl groups excluding tert-OH is 1. The summed E-state index contributed by atoms with van der Waals surface area (Å²) in [5.74, 6) is -0.558. The number of hydrogen-bond acceptors (Lipinski definition) is 9. The molecule has 1 N–H and O–H groups in total. The van der Waals surface area contributed by atoms with Crippen LogP contribution in [0.3, 0.4) is 0 Å². The molecule has 4 unspecified atom stereocenters. The maximum atomic E-state index is 12.4. The first-order chi connectivity index (χ1) is 11.8. The van der Waals surface area contributed by atoms with Crippen LogP contribution in [0.1, 0.15) is 6.42 Å². The summed E-state index contributed by atoms with van der Waals surface area (Å²) in [5, 5.41) is 9.91. The first-order valence-electron chi connectivity index (χ1n) is 7.52. The smallest absolute Gasteiger partial charge is 0.173 e. The second-order valence-corrected chi connectivity index (χ2v) is 8.18. The second kappa shape index (κ2) is 9.24. The Morgan fingerprint density at radius 2 is 2.12 bits per heavy atom. The molecular formula is C12H18B3O8PS-. The van der Waals surface area contributed by atoms with Crippen LogP contribution in [0.15, 0.2) is 11.5 Å². The van der Waals surface area contributed by atoms with Crippen LogP contribution in [0.2, 0.25) is 0 Å². The van der Waals surface area contributed by atoms with Crippen molar-refractivity contribution in [3.05, 3.63) is 11.5 Å². The average molecular weight is 386 g/mol. The summed E-state index contributed by atoms with van der Waals surface area (Å²) in [6.45, 7) is -4.08. The number of ether oxygens (including phenoxy) is 4. The number of rotatable bonds is 9. The third kappa shape index (κ3) is 5.46. The summed E-state index contributed by atoms with van der Waals surface area (Å²) in [5.41, 5.74) is 0. The maximum absolute atomic E-state index is 12.4. The zero-order valence-electron chi connectivity index (χ0n) is 13.9. The highest BCUT2D eigenvalue weighted by Gasteiger charge is 2.37. The van der Waals surface area contributed by atoms with Crippen molar-refractivity contribution >= 4 is 41.3 Å².